The molecule has 1 heterocycles. The second kappa shape index (κ2) is 7.76. The molecule has 0 aliphatic heterocycles. The van der Waals surface area contributed by atoms with Crippen molar-refractivity contribution in [2.75, 3.05) is 6.61 Å². The third kappa shape index (κ3) is 4.27. The lowest BCUT2D eigenvalue weighted by Crippen LogP contribution is -2.42. The van der Waals surface area contributed by atoms with E-state index in [1.54, 1.807) is 0 Å². The molecule has 6 N–H and O–H groups in total. The number of thiophene rings is 1. The molecule has 30 heavy (non-hydrogen) atoms. The Kier molecular flexibility index (Phi) is 6.09. The number of carbonyl (C=O) groups is 1. The molecule has 15 heteroatoms. The Morgan fingerprint density at radius 2 is 1.97 bits per heavy atom. The molecule has 0 atom stereocenters. The van der Waals surface area contributed by atoms with Crippen molar-refractivity contribution in [1.29, 1.82) is 0 Å². The van der Waals surface area contributed by atoms with Crippen LogP contribution in [0.5, 0.6) is 5.75 Å². The van der Waals surface area contributed by atoms with Gasteiger partial charge in [-0.2, -0.15) is 8.78 Å². The largest absolute Gasteiger partial charge is 0.492 e. The summed E-state index contributed by atoms with van der Waals surface area (Å²) in [7, 11) is -9.47. The van der Waals surface area contributed by atoms with Crippen molar-refractivity contribution in [2.45, 2.75) is 23.8 Å². The molecule has 1 aliphatic carbocycles. The molecular formula is C15H16BrF2N2O7PS2. The average molecular weight is 549 g/mol. The maximum absolute atomic E-state index is 14.3. The Hall–Kier alpha value is -1.15. The molecule has 0 radical (unpaired) electrons. The van der Waals surface area contributed by atoms with Crippen molar-refractivity contribution in [3.8, 4) is 5.75 Å². The van der Waals surface area contributed by atoms with Crippen molar-refractivity contribution >= 4 is 60.9 Å². The number of rotatable bonds is 7. The van der Waals surface area contributed by atoms with Gasteiger partial charge >= 0.3 is 13.3 Å². The standard InChI is InChI=1S/C15H16BrF2N2O7PS2/c16-11-9-3-7(14(19)21)4-10(27-5-6-1-8(2-6)30(20,25)26)12(9)29-13(11)15(17,18)28(22,23)24/h3-4,6,8H,1-2,5H2,(H2,19,21)(H2,20,25,26)(H2,22,23,24)/t6-,8-. The number of amides is 1. The predicted octanol–water partition coefficient (Wildman–Crippen LogP) is 2.44. The third-order valence-electron chi connectivity index (χ3n) is 4.75. The molecule has 1 aromatic heterocycles. The topological polar surface area (TPSA) is 170 Å². The molecule has 2 aromatic rings. The van der Waals surface area contributed by atoms with Crippen LogP contribution in [0.1, 0.15) is 28.1 Å². The maximum atomic E-state index is 14.3. The summed E-state index contributed by atoms with van der Waals surface area (Å²) < 4.78 is 67.9. The number of primary sulfonamides is 1. The summed E-state index contributed by atoms with van der Waals surface area (Å²) in [5, 5.41) is 4.48. The molecule has 1 saturated carbocycles. The Labute approximate surface area is 181 Å². The number of sulfonamides is 1. The van der Waals surface area contributed by atoms with Crippen LogP contribution < -0.4 is 15.6 Å². The number of halogens is 3. The Bertz CT molecular complexity index is 1180. The number of hydrogen-bond donors (Lipinski definition) is 4. The van der Waals surface area contributed by atoms with Crippen molar-refractivity contribution in [2.24, 2.45) is 16.8 Å². The fraction of sp³-hybridized carbons (Fsp3) is 0.400. The number of primary amides is 1. The van der Waals surface area contributed by atoms with E-state index in [0.29, 0.717) is 11.3 Å². The van der Waals surface area contributed by atoms with E-state index in [-0.39, 0.29) is 51.2 Å². The normalized spacial score (nSPS) is 20.2. The number of benzene rings is 1. The lowest BCUT2D eigenvalue weighted by Gasteiger charge is -2.33. The van der Waals surface area contributed by atoms with E-state index in [1.807, 2.05) is 0 Å². The predicted molar refractivity (Wildman–Crippen MR) is 109 cm³/mol. The van der Waals surface area contributed by atoms with Gasteiger partial charge in [-0.1, -0.05) is 0 Å². The third-order valence-corrected chi connectivity index (χ3v) is 9.55. The molecule has 1 aliphatic rings. The van der Waals surface area contributed by atoms with Crippen molar-refractivity contribution in [3.05, 3.63) is 27.0 Å². The van der Waals surface area contributed by atoms with Gasteiger partial charge in [0.1, 0.15) is 10.6 Å². The Morgan fingerprint density at radius 3 is 2.47 bits per heavy atom. The first-order chi connectivity index (χ1) is 13.6. The summed E-state index contributed by atoms with van der Waals surface area (Å²) in [6, 6.07) is 2.45. The molecule has 0 saturated heterocycles. The first kappa shape index (κ1) is 23.5. The van der Waals surface area contributed by atoms with Gasteiger partial charge in [0.15, 0.2) is 0 Å². The minimum absolute atomic E-state index is 0.0128. The number of carbonyl (C=O) groups excluding carboxylic acids is 1. The monoisotopic (exact) mass is 548 g/mol. The summed E-state index contributed by atoms with van der Waals surface area (Å²) >= 11 is 3.34. The van der Waals surface area contributed by atoms with Gasteiger partial charge in [-0.25, -0.2) is 13.6 Å². The molecular weight excluding hydrogens is 533 g/mol. The quantitative estimate of drug-likeness (QED) is 0.385. The van der Waals surface area contributed by atoms with E-state index < -0.39 is 39.3 Å². The fourth-order valence-corrected chi connectivity index (χ4v) is 7.06. The SMILES string of the molecule is NC(=O)c1cc(OC[C@H]2C[C@H](S(N)(=O)=O)C2)c2sc(C(F)(F)P(=O)(O)O)c(Br)c2c1. The first-order valence-electron chi connectivity index (χ1n) is 8.27. The van der Waals surface area contributed by atoms with Crippen LogP contribution in [0.15, 0.2) is 16.6 Å². The summed E-state index contributed by atoms with van der Waals surface area (Å²) in [5.74, 6) is -1.00. The van der Waals surface area contributed by atoms with Gasteiger partial charge in [0, 0.05) is 15.4 Å². The summed E-state index contributed by atoms with van der Waals surface area (Å²) in [4.78, 5) is 28.8. The second-order valence-electron chi connectivity index (χ2n) is 6.91. The van der Waals surface area contributed by atoms with Crippen LogP contribution in [-0.2, 0) is 20.3 Å². The number of fused-ring (bicyclic) bond motifs is 1. The van der Waals surface area contributed by atoms with Crippen molar-refractivity contribution in [1.82, 2.24) is 0 Å². The minimum Gasteiger partial charge on any atom is -0.492 e. The summed E-state index contributed by atoms with van der Waals surface area (Å²) in [6.45, 7) is 0.0308. The van der Waals surface area contributed by atoms with E-state index in [0.717, 1.165) is 0 Å². The van der Waals surface area contributed by atoms with E-state index in [9.17, 15) is 26.6 Å². The maximum Gasteiger partial charge on any atom is 0.400 e. The highest BCUT2D eigenvalue weighted by Gasteiger charge is 2.53. The lowest BCUT2D eigenvalue weighted by molar-refractivity contribution is 0.0595. The minimum atomic E-state index is -5.82. The van der Waals surface area contributed by atoms with Gasteiger partial charge < -0.3 is 20.3 Å². The van der Waals surface area contributed by atoms with E-state index >= 15 is 0 Å². The summed E-state index contributed by atoms with van der Waals surface area (Å²) in [5.41, 5.74) is 0.766. The van der Waals surface area contributed by atoms with E-state index in [2.05, 4.69) is 15.9 Å². The van der Waals surface area contributed by atoms with Crippen LogP contribution in [0.3, 0.4) is 0 Å². The average Bonchev–Trinajstić information content (AvgIpc) is 2.88. The van der Waals surface area contributed by atoms with Gasteiger partial charge in [0.25, 0.3) is 0 Å². The molecule has 0 bridgehead atoms. The van der Waals surface area contributed by atoms with Crippen molar-refractivity contribution in [3.63, 3.8) is 0 Å². The molecule has 3 rings (SSSR count). The van der Waals surface area contributed by atoms with Gasteiger partial charge in [-0.05, 0) is 46.8 Å². The highest BCUT2D eigenvalue weighted by Crippen LogP contribution is 2.63. The molecule has 0 spiro atoms. The molecule has 0 unspecified atom stereocenters. The van der Waals surface area contributed by atoms with E-state index in [4.69, 9.17) is 25.4 Å². The van der Waals surface area contributed by atoms with Gasteiger partial charge in [-0.15, -0.1) is 11.3 Å². The zero-order valence-corrected chi connectivity index (χ0v) is 19.0. The fourth-order valence-electron chi connectivity index (χ4n) is 3.00. The van der Waals surface area contributed by atoms with Gasteiger partial charge in [-0.3, -0.25) is 9.36 Å². The Morgan fingerprint density at radius 1 is 1.37 bits per heavy atom. The Balaban J connectivity index is 1.98. The summed E-state index contributed by atoms with van der Waals surface area (Å²) in [6.07, 6.45) is 0.542. The van der Waals surface area contributed by atoms with E-state index in [1.165, 1.54) is 12.1 Å². The van der Waals surface area contributed by atoms with Crippen LogP contribution in [0.25, 0.3) is 10.1 Å². The lowest BCUT2D eigenvalue weighted by atomic mass is 9.85. The highest BCUT2D eigenvalue weighted by atomic mass is 79.9. The first-order valence-corrected chi connectivity index (χ1v) is 13.1. The number of hydrogen-bond acceptors (Lipinski definition) is 6. The zero-order valence-electron chi connectivity index (χ0n) is 14.9. The van der Waals surface area contributed by atoms with Crippen LogP contribution >= 0.6 is 34.9 Å². The van der Waals surface area contributed by atoms with Gasteiger partial charge in [0.2, 0.25) is 15.9 Å². The molecule has 1 amide bonds. The molecule has 9 nitrogen and oxygen atoms in total. The number of alkyl halides is 2. The number of nitrogens with two attached hydrogens (primary N) is 2. The van der Waals surface area contributed by atoms with Crippen LogP contribution in [0.2, 0.25) is 0 Å². The van der Waals surface area contributed by atoms with Crippen LogP contribution in [0.4, 0.5) is 8.78 Å². The highest BCUT2D eigenvalue weighted by molar-refractivity contribution is 9.10. The van der Waals surface area contributed by atoms with Crippen LogP contribution in [0, 0.1) is 5.92 Å². The van der Waals surface area contributed by atoms with Gasteiger partial charge in [0.05, 0.1) is 16.6 Å². The van der Waals surface area contributed by atoms with Crippen LogP contribution in [-0.4, -0.2) is 36.0 Å². The molecule has 1 aromatic carbocycles. The second-order valence-corrected chi connectivity index (χ2v) is 12.2. The smallest absolute Gasteiger partial charge is 0.400 e. The molecule has 1 fully saturated rings. The number of ether oxygens (including phenoxy) is 1. The zero-order chi connectivity index (χ0) is 22.6. The van der Waals surface area contributed by atoms with Crippen molar-refractivity contribution < 1.29 is 41.1 Å². The molecule has 166 valence electrons.